The summed E-state index contributed by atoms with van der Waals surface area (Å²) in [7, 11) is 0. The van der Waals surface area contributed by atoms with Gasteiger partial charge in [0.15, 0.2) is 0 Å². The molecule has 0 aromatic rings. The fraction of sp³-hybridized carbons (Fsp3) is 1.00. The average Bonchev–Trinajstić information content (AvgIpc) is 2.32. The fourth-order valence-electron chi connectivity index (χ4n) is 3.11. The molecule has 120 valence electrons. The van der Waals surface area contributed by atoms with E-state index < -0.39 is 12.6 Å². The van der Waals surface area contributed by atoms with Crippen molar-refractivity contribution in [1.82, 2.24) is 5.32 Å². The van der Waals surface area contributed by atoms with Crippen molar-refractivity contribution in [3.8, 4) is 0 Å². The minimum atomic E-state index is -3.99. The molecule has 0 saturated heterocycles. The van der Waals surface area contributed by atoms with Gasteiger partial charge in [-0.25, -0.2) is 0 Å². The third kappa shape index (κ3) is 7.51. The van der Waals surface area contributed by atoms with Crippen LogP contribution in [0, 0.1) is 17.3 Å². The Bertz CT molecular complexity index is 260. The van der Waals surface area contributed by atoms with Crippen LogP contribution in [-0.4, -0.2) is 19.3 Å². The minimum Gasteiger partial charge on any atom is -0.316 e. The van der Waals surface area contributed by atoms with E-state index in [1.165, 1.54) is 25.7 Å². The largest absolute Gasteiger partial charge is 0.389 e. The van der Waals surface area contributed by atoms with Crippen LogP contribution in [0.1, 0.15) is 65.7 Å². The van der Waals surface area contributed by atoms with Crippen LogP contribution >= 0.6 is 0 Å². The predicted octanol–water partition coefficient (Wildman–Crippen LogP) is 5.16. The maximum absolute atomic E-state index is 12.0. The van der Waals surface area contributed by atoms with Gasteiger partial charge in [-0.2, -0.15) is 13.2 Å². The normalized spacial score (nSPS) is 24.9. The molecular weight excluding hydrogens is 263 g/mol. The van der Waals surface area contributed by atoms with Crippen molar-refractivity contribution in [2.24, 2.45) is 17.3 Å². The van der Waals surface area contributed by atoms with Crippen LogP contribution in [0.15, 0.2) is 0 Å². The molecule has 0 aliphatic heterocycles. The Labute approximate surface area is 121 Å². The molecule has 1 aliphatic rings. The lowest BCUT2D eigenvalue weighted by atomic mass is 9.70. The highest BCUT2D eigenvalue weighted by Gasteiger charge is 2.29. The van der Waals surface area contributed by atoms with Gasteiger partial charge in [-0.05, 0) is 68.9 Å². The molecule has 0 aromatic carbocycles. The smallest absolute Gasteiger partial charge is 0.316 e. The van der Waals surface area contributed by atoms with Crippen molar-refractivity contribution in [3.05, 3.63) is 0 Å². The van der Waals surface area contributed by atoms with Gasteiger partial charge in [0.1, 0.15) is 0 Å². The number of hydrogen-bond acceptors (Lipinski definition) is 1. The van der Waals surface area contributed by atoms with Gasteiger partial charge < -0.3 is 5.32 Å². The van der Waals surface area contributed by atoms with E-state index in [0.29, 0.717) is 11.8 Å². The predicted molar refractivity (Wildman–Crippen MR) is 77.7 cm³/mol. The zero-order chi connectivity index (χ0) is 15.2. The summed E-state index contributed by atoms with van der Waals surface area (Å²) < 4.78 is 35.9. The van der Waals surface area contributed by atoms with Gasteiger partial charge in [-0.15, -0.1) is 0 Å². The monoisotopic (exact) mass is 293 g/mol. The van der Waals surface area contributed by atoms with E-state index in [4.69, 9.17) is 0 Å². The third-order valence-electron chi connectivity index (χ3n) is 4.57. The van der Waals surface area contributed by atoms with E-state index in [9.17, 15) is 13.2 Å². The highest BCUT2D eigenvalue weighted by atomic mass is 19.4. The Balaban J connectivity index is 2.02. The van der Waals surface area contributed by atoms with Crippen molar-refractivity contribution in [3.63, 3.8) is 0 Å². The van der Waals surface area contributed by atoms with Gasteiger partial charge in [0.2, 0.25) is 0 Å². The second-order valence-corrected chi connectivity index (χ2v) is 7.36. The van der Waals surface area contributed by atoms with Crippen molar-refractivity contribution >= 4 is 0 Å². The van der Waals surface area contributed by atoms with E-state index >= 15 is 0 Å². The molecule has 0 amide bonds. The minimum absolute atomic E-state index is 0.243. The van der Waals surface area contributed by atoms with E-state index in [0.717, 1.165) is 24.9 Å². The molecule has 1 aliphatic carbocycles. The summed E-state index contributed by atoms with van der Waals surface area (Å²) in [5.41, 5.74) is 0.413. The third-order valence-corrected chi connectivity index (χ3v) is 4.57. The lowest BCUT2D eigenvalue weighted by molar-refractivity contribution is -0.135. The molecule has 0 bridgehead atoms. The lowest BCUT2D eigenvalue weighted by Gasteiger charge is -2.37. The SMILES string of the molecule is CC(C)(C)C1CCC(CNCCCCC(F)(F)F)CC1. The van der Waals surface area contributed by atoms with Gasteiger partial charge in [-0.1, -0.05) is 20.8 Å². The first-order chi connectivity index (χ1) is 9.18. The van der Waals surface area contributed by atoms with Crippen LogP contribution in [0.3, 0.4) is 0 Å². The Morgan fingerprint density at radius 2 is 1.55 bits per heavy atom. The molecule has 0 spiro atoms. The van der Waals surface area contributed by atoms with Crippen LogP contribution in [-0.2, 0) is 0 Å². The van der Waals surface area contributed by atoms with Crippen LogP contribution in [0.2, 0.25) is 0 Å². The summed E-state index contributed by atoms with van der Waals surface area (Å²) >= 11 is 0. The highest BCUT2D eigenvalue weighted by Crippen LogP contribution is 2.39. The maximum atomic E-state index is 12.0. The van der Waals surface area contributed by atoms with E-state index in [1.807, 2.05) is 0 Å². The summed E-state index contributed by atoms with van der Waals surface area (Å²) in [6.45, 7) is 8.64. The molecule has 1 rings (SSSR count). The molecule has 1 fully saturated rings. The second kappa shape index (κ2) is 7.67. The summed E-state index contributed by atoms with van der Waals surface area (Å²) in [5, 5.41) is 3.33. The van der Waals surface area contributed by atoms with Crippen molar-refractivity contribution in [2.45, 2.75) is 71.9 Å². The summed E-state index contributed by atoms with van der Waals surface area (Å²) in [4.78, 5) is 0. The first kappa shape index (κ1) is 17.8. The zero-order valence-corrected chi connectivity index (χ0v) is 13.2. The van der Waals surface area contributed by atoms with Crippen LogP contribution in [0.25, 0.3) is 0 Å². The number of halogens is 3. The second-order valence-electron chi connectivity index (χ2n) is 7.36. The first-order valence-electron chi connectivity index (χ1n) is 7.96. The zero-order valence-electron chi connectivity index (χ0n) is 13.2. The van der Waals surface area contributed by atoms with Crippen molar-refractivity contribution < 1.29 is 13.2 Å². The molecule has 1 nitrogen and oxygen atoms in total. The van der Waals surface area contributed by atoms with Crippen LogP contribution in [0.4, 0.5) is 13.2 Å². The molecule has 4 heteroatoms. The lowest BCUT2D eigenvalue weighted by Crippen LogP contribution is -2.31. The number of alkyl halides is 3. The first-order valence-corrected chi connectivity index (χ1v) is 7.96. The number of nitrogens with one attached hydrogen (secondary N) is 1. The summed E-state index contributed by atoms with van der Waals surface area (Å²) in [6, 6.07) is 0. The molecule has 1 saturated carbocycles. The Morgan fingerprint density at radius 1 is 0.950 bits per heavy atom. The summed E-state index contributed by atoms with van der Waals surface area (Å²) in [5.74, 6) is 1.54. The Hall–Kier alpha value is -0.250. The molecule has 0 heterocycles. The highest BCUT2D eigenvalue weighted by molar-refractivity contribution is 4.81. The summed E-state index contributed by atoms with van der Waals surface area (Å²) in [6.07, 6.45) is 1.34. The number of hydrogen-bond donors (Lipinski definition) is 1. The standard InChI is InChI=1S/C16H30F3N/c1-15(2,3)14-8-6-13(7-9-14)12-20-11-5-4-10-16(17,18)19/h13-14,20H,4-12H2,1-3H3. The molecule has 0 aromatic heterocycles. The average molecular weight is 293 g/mol. The van der Waals surface area contributed by atoms with Crippen LogP contribution < -0.4 is 5.32 Å². The molecule has 20 heavy (non-hydrogen) atoms. The Kier molecular flexibility index (Phi) is 6.83. The molecule has 0 atom stereocenters. The van der Waals surface area contributed by atoms with Gasteiger partial charge in [0.25, 0.3) is 0 Å². The fourth-order valence-corrected chi connectivity index (χ4v) is 3.11. The van der Waals surface area contributed by atoms with E-state index in [-0.39, 0.29) is 6.42 Å². The van der Waals surface area contributed by atoms with Crippen molar-refractivity contribution in [2.75, 3.05) is 13.1 Å². The van der Waals surface area contributed by atoms with Gasteiger partial charge in [0, 0.05) is 6.42 Å². The maximum Gasteiger partial charge on any atom is 0.389 e. The molecular formula is C16H30F3N. The molecule has 1 N–H and O–H groups in total. The van der Waals surface area contributed by atoms with Crippen molar-refractivity contribution in [1.29, 1.82) is 0 Å². The van der Waals surface area contributed by atoms with E-state index in [1.54, 1.807) is 0 Å². The van der Waals surface area contributed by atoms with Crippen LogP contribution in [0.5, 0.6) is 0 Å². The number of rotatable bonds is 6. The molecule has 0 unspecified atom stereocenters. The topological polar surface area (TPSA) is 12.0 Å². The quantitative estimate of drug-likeness (QED) is 0.667. The van der Waals surface area contributed by atoms with Gasteiger partial charge in [-0.3, -0.25) is 0 Å². The van der Waals surface area contributed by atoms with E-state index in [2.05, 4.69) is 26.1 Å². The molecule has 0 radical (unpaired) electrons. The van der Waals surface area contributed by atoms with Gasteiger partial charge in [0.05, 0.1) is 0 Å². The number of unbranched alkanes of at least 4 members (excludes halogenated alkanes) is 1. The van der Waals surface area contributed by atoms with Gasteiger partial charge >= 0.3 is 6.18 Å². The Morgan fingerprint density at radius 3 is 2.05 bits per heavy atom.